The standard InChI is InChI=1S/C12H11NO2/c14-11-6-4-10(5-7-11)9-13-8-2-1-3-12(13)15/h1-8,14H,9H2. The molecule has 2 rings (SSSR count). The molecule has 0 bridgehead atoms. The van der Waals surface area contributed by atoms with Gasteiger partial charge in [-0.2, -0.15) is 0 Å². The molecule has 1 aromatic carbocycles. The van der Waals surface area contributed by atoms with Crippen molar-refractivity contribution < 1.29 is 5.11 Å². The second-order valence-electron chi connectivity index (χ2n) is 3.33. The number of phenols is 1. The van der Waals surface area contributed by atoms with Crippen LogP contribution in [0.1, 0.15) is 5.56 Å². The monoisotopic (exact) mass is 201 g/mol. The van der Waals surface area contributed by atoms with Crippen LogP contribution < -0.4 is 5.56 Å². The molecule has 0 saturated carbocycles. The molecule has 0 saturated heterocycles. The van der Waals surface area contributed by atoms with Gasteiger partial charge in [-0.3, -0.25) is 4.79 Å². The van der Waals surface area contributed by atoms with Gasteiger partial charge in [-0.1, -0.05) is 18.2 Å². The molecule has 3 heteroatoms. The molecule has 0 spiro atoms. The van der Waals surface area contributed by atoms with Gasteiger partial charge in [0.25, 0.3) is 5.56 Å². The molecule has 1 N–H and O–H groups in total. The zero-order chi connectivity index (χ0) is 10.7. The lowest BCUT2D eigenvalue weighted by molar-refractivity contribution is 0.475. The third-order valence-electron chi connectivity index (χ3n) is 2.19. The van der Waals surface area contributed by atoms with Gasteiger partial charge in [0.05, 0.1) is 6.54 Å². The minimum absolute atomic E-state index is 0.0226. The van der Waals surface area contributed by atoms with Gasteiger partial charge in [0.2, 0.25) is 0 Å². The Balaban J connectivity index is 2.26. The summed E-state index contributed by atoms with van der Waals surface area (Å²) >= 11 is 0. The van der Waals surface area contributed by atoms with Crippen molar-refractivity contribution in [3.05, 3.63) is 64.6 Å². The number of aromatic nitrogens is 1. The maximum Gasteiger partial charge on any atom is 0.250 e. The maximum atomic E-state index is 11.4. The predicted molar refractivity (Wildman–Crippen MR) is 57.9 cm³/mol. The van der Waals surface area contributed by atoms with Gasteiger partial charge in [0, 0.05) is 12.3 Å². The highest BCUT2D eigenvalue weighted by Gasteiger charge is 1.96. The second kappa shape index (κ2) is 4.00. The number of hydrogen-bond acceptors (Lipinski definition) is 2. The molecule has 1 heterocycles. The third-order valence-corrected chi connectivity index (χ3v) is 2.19. The molecule has 0 amide bonds. The van der Waals surface area contributed by atoms with Crippen molar-refractivity contribution in [3.8, 4) is 5.75 Å². The van der Waals surface area contributed by atoms with Crippen LogP contribution in [0.4, 0.5) is 0 Å². The van der Waals surface area contributed by atoms with E-state index in [9.17, 15) is 4.79 Å². The fraction of sp³-hybridized carbons (Fsp3) is 0.0833. The first-order valence-electron chi connectivity index (χ1n) is 4.69. The third kappa shape index (κ3) is 2.26. The van der Waals surface area contributed by atoms with Crippen molar-refractivity contribution in [2.45, 2.75) is 6.54 Å². The van der Waals surface area contributed by atoms with Gasteiger partial charge in [0.15, 0.2) is 0 Å². The largest absolute Gasteiger partial charge is 0.508 e. The highest BCUT2D eigenvalue weighted by Crippen LogP contribution is 2.09. The summed E-state index contributed by atoms with van der Waals surface area (Å²) < 4.78 is 1.62. The second-order valence-corrected chi connectivity index (χ2v) is 3.33. The molecule has 15 heavy (non-hydrogen) atoms. The molecule has 0 aliphatic carbocycles. The van der Waals surface area contributed by atoms with Crippen LogP contribution in [-0.2, 0) is 6.54 Å². The summed E-state index contributed by atoms with van der Waals surface area (Å²) in [6.45, 7) is 0.528. The molecule has 3 nitrogen and oxygen atoms in total. The van der Waals surface area contributed by atoms with E-state index in [4.69, 9.17) is 5.11 Å². The topological polar surface area (TPSA) is 42.2 Å². The first-order valence-corrected chi connectivity index (χ1v) is 4.69. The Morgan fingerprint density at radius 1 is 1.07 bits per heavy atom. The van der Waals surface area contributed by atoms with Crippen molar-refractivity contribution >= 4 is 0 Å². The van der Waals surface area contributed by atoms with Crippen molar-refractivity contribution in [1.82, 2.24) is 4.57 Å². The van der Waals surface area contributed by atoms with E-state index >= 15 is 0 Å². The summed E-state index contributed by atoms with van der Waals surface area (Å²) in [4.78, 5) is 11.4. The number of hydrogen-bond donors (Lipinski definition) is 1. The zero-order valence-corrected chi connectivity index (χ0v) is 8.13. The summed E-state index contributed by atoms with van der Waals surface area (Å²) in [5.74, 6) is 0.235. The minimum atomic E-state index is -0.0226. The number of rotatable bonds is 2. The number of nitrogens with zero attached hydrogens (tertiary/aromatic N) is 1. The van der Waals surface area contributed by atoms with Gasteiger partial charge in [-0.15, -0.1) is 0 Å². The molecule has 76 valence electrons. The van der Waals surface area contributed by atoms with Crippen LogP contribution in [0.25, 0.3) is 0 Å². The first kappa shape index (κ1) is 9.52. The lowest BCUT2D eigenvalue weighted by Crippen LogP contribution is -2.18. The highest BCUT2D eigenvalue weighted by molar-refractivity contribution is 5.26. The van der Waals surface area contributed by atoms with Gasteiger partial charge >= 0.3 is 0 Å². The summed E-state index contributed by atoms with van der Waals surface area (Å²) in [5, 5.41) is 9.11. The summed E-state index contributed by atoms with van der Waals surface area (Å²) in [5.41, 5.74) is 0.965. The van der Waals surface area contributed by atoms with Gasteiger partial charge in [-0.25, -0.2) is 0 Å². The smallest absolute Gasteiger partial charge is 0.250 e. The number of benzene rings is 1. The van der Waals surface area contributed by atoms with Crippen LogP contribution >= 0.6 is 0 Å². The fourth-order valence-corrected chi connectivity index (χ4v) is 1.39. The normalized spacial score (nSPS) is 10.1. The quantitative estimate of drug-likeness (QED) is 0.801. The van der Waals surface area contributed by atoms with Crippen LogP contribution in [0, 0.1) is 0 Å². The van der Waals surface area contributed by atoms with E-state index in [2.05, 4.69) is 0 Å². The Hall–Kier alpha value is -2.03. The predicted octanol–water partition coefficient (Wildman–Crippen LogP) is 1.60. The average Bonchev–Trinajstić information content (AvgIpc) is 2.25. The lowest BCUT2D eigenvalue weighted by atomic mass is 10.2. The lowest BCUT2D eigenvalue weighted by Gasteiger charge is -2.04. The summed E-state index contributed by atoms with van der Waals surface area (Å²) in [6.07, 6.45) is 1.75. The van der Waals surface area contributed by atoms with E-state index < -0.39 is 0 Å². The average molecular weight is 201 g/mol. The van der Waals surface area contributed by atoms with E-state index in [0.29, 0.717) is 6.54 Å². The molecule has 0 aliphatic rings. The Morgan fingerprint density at radius 3 is 2.47 bits per heavy atom. The minimum Gasteiger partial charge on any atom is -0.508 e. The zero-order valence-electron chi connectivity index (χ0n) is 8.13. The number of phenolic OH excluding ortho intramolecular Hbond substituents is 1. The van der Waals surface area contributed by atoms with Crippen molar-refractivity contribution in [3.63, 3.8) is 0 Å². The molecule has 0 unspecified atom stereocenters. The first-order chi connectivity index (χ1) is 7.25. The van der Waals surface area contributed by atoms with Crippen LogP contribution in [0.5, 0.6) is 5.75 Å². The van der Waals surface area contributed by atoms with Crippen molar-refractivity contribution in [2.75, 3.05) is 0 Å². The van der Waals surface area contributed by atoms with Gasteiger partial charge < -0.3 is 9.67 Å². The van der Waals surface area contributed by atoms with Crippen molar-refractivity contribution in [1.29, 1.82) is 0 Å². The van der Waals surface area contributed by atoms with Crippen LogP contribution in [0.15, 0.2) is 53.5 Å². The molecule has 0 fully saturated rings. The summed E-state index contributed by atoms with van der Waals surface area (Å²) in [6, 6.07) is 11.9. The molecule has 0 atom stereocenters. The maximum absolute atomic E-state index is 11.4. The fourth-order valence-electron chi connectivity index (χ4n) is 1.39. The van der Waals surface area contributed by atoms with E-state index in [-0.39, 0.29) is 11.3 Å². The Bertz CT molecular complexity index is 500. The SMILES string of the molecule is O=c1ccccn1Cc1ccc(O)cc1. The Morgan fingerprint density at radius 2 is 1.80 bits per heavy atom. The van der Waals surface area contributed by atoms with Crippen molar-refractivity contribution in [2.24, 2.45) is 0 Å². The number of pyridine rings is 1. The molecular formula is C12H11NO2. The molecule has 0 radical (unpaired) electrons. The Labute approximate surface area is 87.2 Å². The van der Waals surface area contributed by atoms with Gasteiger partial charge in [0.1, 0.15) is 5.75 Å². The summed E-state index contributed by atoms with van der Waals surface area (Å²) in [7, 11) is 0. The van der Waals surface area contributed by atoms with Gasteiger partial charge in [-0.05, 0) is 23.8 Å². The van der Waals surface area contributed by atoms with Crippen LogP contribution in [0.3, 0.4) is 0 Å². The van der Waals surface area contributed by atoms with E-state index in [1.807, 2.05) is 6.07 Å². The highest BCUT2D eigenvalue weighted by atomic mass is 16.3. The van der Waals surface area contributed by atoms with Crippen LogP contribution in [-0.4, -0.2) is 9.67 Å². The Kier molecular flexibility index (Phi) is 2.54. The molecule has 1 aromatic heterocycles. The number of aromatic hydroxyl groups is 1. The van der Waals surface area contributed by atoms with Crippen LogP contribution in [0.2, 0.25) is 0 Å². The van der Waals surface area contributed by atoms with E-state index in [1.54, 1.807) is 41.1 Å². The van der Waals surface area contributed by atoms with E-state index in [0.717, 1.165) is 5.56 Å². The molecule has 2 aromatic rings. The molecule has 0 aliphatic heterocycles. The van der Waals surface area contributed by atoms with E-state index in [1.165, 1.54) is 6.07 Å². The molecular weight excluding hydrogens is 190 g/mol.